The normalized spacial score (nSPS) is 34.1. The molecule has 2 saturated heterocycles. The minimum Gasteiger partial charge on any atom is -0.378 e. The highest BCUT2D eigenvalue weighted by Gasteiger charge is 2.26. The van der Waals surface area contributed by atoms with Gasteiger partial charge in [-0.3, -0.25) is 0 Å². The lowest BCUT2D eigenvalue weighted by molar-refractivity contribution is 0.00523. The fraction of sp³-hybridized carbons (Fsp3) is 0.769. The zero-order chi connectivity index (χ0) is 11.7. The minimum absolute atomic E-state index is 0.375. The Hall–Kier alpha value is -0.870. The van der Waals surface area contributed by atoms with Gasteiger partial charge in [0.25, 0.3) is 0 Å². The molecule has 0 radical (unpaired) electrons. The SMILES string of the molecule is CC1CC(n2cncc2C2CCCN2)CCO1. The molecule has 17 heavy (non-hydrogen) atoms. The topological polar surface area (TPSA) is 39.1 Å². The van der Waals surface area contributed by atoms with Gasteiger partial charge in [-0.1, -0.05) is 0 Å². The molecule has 1 N–H and O–H groups in total. The summed E-state index contributed by atoms with van der Waals surface area (Å²) in [5.41, 5.74) is 1.36. The summed E-state index contributed by atoms with van der Waals surface area (Å²) in [5.74, 6) is 0. The van der Waals surface area contributed by atoms with E-state index in [4.69, 9.17) is 4.74 Å². The Kier molecular flexibility index (Phi) is 3.16. The second-order valence-electron chi connectivity index (χ2n) is 5.23. The van der Waals surface area contributed by atoms with E-state index in [0.717, 1.165) is 26.0 Å². The van der Waals surface area contributed by atoms with Gasteiger partial charge in [-0.2, -0.15) is 0 Å². The quantitative estimate of drug-likeness (QED) is 0.852. The predicted octanol–water partition coefficient (Wildman–Crippen LogP) is 2.05. The van der Waals surface area contributed by atoms with Gasteiger partial charge >= 0.3 is 0 Å². The molecule has 2 fully saturated rings. The Balaban J connectivity index is 1.79. The van der Waals surface area contributed by atoms with Crippen molar-refractivity contribution in [2.75, 3.05) is 13.2 Å². The van der Waals surface area contributed by atoms with Gasteiger partial charge < -0.3 is 14.6 Å². The summed E-state index contributed by atoms with van der Waals surface area (Å²) in [5, 5.41) is 3.56. The van der Waals surface area contributed by atoms with Crippen molar-refractivity contribution in [1.29, 1.82) is 0 Å². The third-order valence-electron chi connectivity index (χ3n) is 3.96. The highest BCUT2D eigenvalue weighted by molar-refractivity contribution is 5.09. The van der Waals surface area contributed by atoms with Crippen LogP contribution in [-0.4, -0.2) is 28.8 Å². The number of nitrogens with zero attached hydrogens (tertiary/aromatic N) is 2. The fourth-order valence-corrected chi connectivity index (χ4v) is 3.05. The first-order chi connectivity index (χ1) is 8.34. The first-order valence-electron chi connectivity index (χ1n) is 6.71. The molecular weight excluding hydrogens is 214 g/mol. The van der Waals surface area contributed by atoms with E-state index in [1.54, 1.807) is 0 Å². The molecule has 4 heteroatoms. The summed E-state index contributed by atoms with van der Waals surface area (Å²) in [6.45, 7) is 4.18. The lowest BCUT2D eigenvalue weighted by Gasteiger charge is -2.30. The van der Waals surface area contributed by atoms with E-state index in [2.05, 4.69) is 21.8 Å². The number of hydrogen-bond donors (Lipinski definition) is 1. The number of imidazole rings is 1. The van der Waals surface area contributed by atoms with Crippen LogP contribution < -0.4 is 5.32 Å². The molecule has 0 aliphatic carbocycles. The van der Waals surface area contributed by atoms with E-state index in [-0.39, 0.29) is 0 Å². The molecule has 4 nitrogen and oxygen atoms in total. The Morgan fingerprint density at radius 2 is 2.41 bits per heavy atom. The van der Waals surface area contributed by atoms with E-state index < -0.39 is 0 Å². The maximum Gasteiger partial charge on any atom is 0.0951 e. The van der Waals surface area contributed by atoms with Crippen molar-refractivity contribution in [3.8, 4) is 0 Å². The first-order valence-corrected chi connectivity index (χ1v) is 6.71. The van der Waals surface area contributed by atoms with Gasteiger partial charge in [-0.05, 0) is 39.2 Å². The highest BCUT2D eigenvalue weighted by Crippen LogP contribution is 2.30. The van der Waals surface area contributed by atoms with Crippen LogP contribution in [0.5, 0.6) is 0 Å². The van der Waals surface area contributed by atoms with Crippen LogP contribution in [0.25, 0.3) is 0 Å². The van der Waals surface area contributed by atoms with E-state index in [9.17, 15) is 0 Å². The zero-order valence-electron chi connectivity index (χ0n) is 10.4. The zero-order valence-corrected chi connectivity index (χ0v) is 10.4. The molecule has 1 aromatic heterocycles. The fourth-order valence-electron chi connectivity index (χ4n) is 3.05. The van der Waals surface area contributed by atoms with E-state index in [1.165, 1.54) is 18.5 Å². The molecule has 3 rings (SSSR count). The third kappa shape index (κ3) is 2.24. The van der Waals surface area contributed by atoms with Crippen molar-refractivity contribution in [3.63, 3.8) is 0 Å². The molecule has 0 saturated carbocycles. The highest BCUT2D eigenvalue weighted by atomic mass is 16.5. The Bertz CT molecular complexity index is 370. The number of ether oxygens (including phenoxy) is 1. The molecule has 3 atom stereocenters. The van der Waals surface area contributed by atoms with Gasteiger partial charge in [-0.25, -0.2) is 4.98 Å². The van der Waals surface area contributed by atoms with Gasteiger partial charge in [0.15, 0.2) is 0 Å². The van der Waals surface area contributed by atoms with Crippen LogP contribution in [0.1, 0.15) is 50.4 Å². The van der Waals surface area contributed by atoms with Crippen molar-refractivity contribution in [1.82, 2.24) is 14.9 Å². The van der Waals surface area contributed by atoms with Crippen LogP contribution >= 0.6 is 0 Å². The Labute approximate surface area is 102 Å². The maximum atomic E-state index is 5.62. The van der Waals surface area contributed by atoms with Gasteiger partial charge in [0.2, 0.25) is 0 Å². The Morgan fingerprint density at radius 3 is 3.18 bits per heavy atom. The molecular formula is C13H21N3O. The molecule has 3 unspecified atom stereocenters. The predicted molar refractivity (Wildman–Crippen MR) is 65.9 cm³/mol. The van der Waals surface area contributed by atoms with Gasteiger partial charge in [0.1, 0.15) is 0 Å². The summed E-state index contributed by atoms with van der Waals surface area (Å²) in [6, 6.07) is 1.08. The van der Waals surface area contributed by atoms with Gasteiger partial charge in [-0.15, -0.1) is 0 Å². The average molecular weight is 235 g/mol. The molecule has 94 valence electrons. The van der Waals surface area contributed by atoms with E-state index >= 15 is 0 Å². The standard InChI is InChI=1S/C13H21N3O/c1-10-7-11(4-6-17-10)16-9-14-8-13(16)12-3-2-5-15-12/h8-12,15H,2-7H2,1H3. The third-order valence-corrected chi connectivity index (χ3v) is 3.96. The van der Waals surface area contributed by atoms with Crippen LogP contribution in [0.15, 0.2) is 12.5 Å². The lowest BCUT2D eigenvalue weighted by atomic mass is 10.0. The molecule has 0 amide bonds. The smallest absolute Gasteiger partial charge is 0.0951 e. The lowest BCUT2D eigenvalue weighted by Crippen LogP contribution is -2.27. The maximum absolute atomic E-state index is 5.62. The van der Waals surface area contributed by atoms with Gasteiger partial charge in [0.05, 0.1) is 18.1 Å². The number of rotatable bonds is 2. The van der Waals surface area contributed by atoms with Crippen LogP contribution in [0, 0.1) is 0 Å². The Morgan fingerprint density at radius 1 is 1.47 bits per heavy atom. The minimum atomic E-state index is 0.375. The van der Waals surface area contributed by atoms with Crippen molar-refractivity contribution in [2.45, 2.75) is 50.8 Å². The summed E-state index contributed by atoms with van der Waals surface area (Å²) in [4.78, 5) is 4.35. The molecule has 0 aromatic carbocycles. The first kappa shape index (κ1) is 11.2. The van der Waals surface area contributed by atoms with Gasteiger partial charge in [0, 0.05) is 24.9 Å². The van der Waals surface area contributed by atoms with Crippen molar-refractivity contribution < 1.29 is 4.74 Å². The van der Waals surface area contributed by atoms with Crippen LogP contribution in [0.2, 0.25) is 0 Å². The largest absolute Gasteiger partial charge is 0.378 e. The molecule has 2 aliphatic rings. The average Bonchev–Trinajstić information content (AvgIpc) is 3.00. The summed E-state index contributed by atoms with van der Waals surface area (Å²) in [6.07, 6.45) is 9.14. The van der Waals surface area contributed by atoms with Crippen molar-refractivity contribution in [3.05, 3.63) is 18.2 Å². The summed E-state index contributed by atoms with van der Waals surface area (Å²) < 4.78 is 8.00. The second kappa shape index (κ2) is 4.78. The van der Waals surface area contributed by atoms with Crippen LogP contribution in [0.4, 0.5) is 0 Å². The van der Waals surface area contributed by atoms with Crippen molar-refractivity contribution >= 4 is 0 Å². The van der Waals surface area contributed by atoms with Crippen LogP contribution in [-0.2, 0) is 4.74 Å². The molecule has 2 aliphatic heterocycles. The van der Waals surface area contributed by atoms with Crippen LogP contribution in [0.3, 0.4) is 0 Å². The summed E-state index contributed by atoms with van der Waals surface area (Å²) in [7, 11) is 0. The van der Waals surface area contributed by atoms with E-state index in [1.807, 2.05) is 12.5 Å². The molecule has 0 bridgehead atoms. The second-order valence-corrected chi connectivity index (χ2v) is 5.23. The monoisotopic (exact) mass is 235 g/mol. The van der Waals surface area contributed by atoms with Crippen molar-refractivity contribution in [2.24, 2.45) is 0 Å². The number of hydrogen-bond acceptors (Lipinski definition) is 3. The summed E-state index contributed by atoms with van der Waals surface area (Å²) >= 11 is 0. The van der Waals surface area contributed by atoms with E-state index in [0.29, 0.717) is 18.2 Å². The molecule has 3 heterocycles. The number of aromatic nitrogens is 2. The molecule has 1 aromatic rings. The number of nitrogens with one attached hydrogen (secondary N) is 1. The molecule has 0 spiro atoms.